The summed E-state index contributed by atoms with van der Waals surface area (Å²) < 4.78 is 12.9. The lowest BCUT2D eigenvalue weighted by atomic mass is 10.1. The standard InChI is InChI=1S/C23H24N2O5/c1-5-25-19-12-10-16(23(27)28)13-18(19)24-17(22(25)26)11-9-15-7-6-8-20(29-4)21(15)30-14(2)3/h6-14H,5H2,1-4H3,(H,27,28)/b11-9+. The average molecular weight is 408 g/mol. The van der Waals surface area contributed by atoms with E-state index in [-0.39, 0.29) is 22.9 Å². The van der Waals surface area contributed by atoms with Gasteiger partial charge in [-0.25, -0.2) is 9.78 Å². The summed E-state index contributed by atoms with van der Waals surface area (Å²) in [4.78, 5) is 28.6. The molecule has 0 aliphatic carbocycles. The molecule has 0 fully saturated rings. The first kappa shape index (κ1) is 21.1. The van der Waals surface area contributed by atoms with Crippen molar-refractivity contribution in [2.75, 3.05) is 7.11 Å². The third-order valence-electron chi connectivity index (χ3n) is 4.54. The van der Waals surface area contributed by atoms with Crippen LogP contribution in [-0.4, -0.2) is 33.8 Å². The molecule has 156 valence electrons. The van der Waals surface area contributed by atoms with Gasteiger partial charge in [-0.15, -0.1) is 0 Å². The number of aryl methyl sites for hydroxylation is 1. The summed E-state index contributed by atoms with van der Waals surface area (Å²) in [6, 6.07) is 10.1. The van der Waals surface area contributed by atoms with Gasteiger partial charge in [0.05, 0.1) is 29.8 Å². The minimum absolute atomic E-state index is 0.0565. The molecule has 0 spiro atoms. The number of hydrogen-bond acceptors (Lipinski definition) is 5. The van der Waals surface area contributed by atoms with Crippen molar-refractivity contribution < 1.29 is 19.4 Å². The zero-order valence-electron chi connectivity index (χ0n) is 17.4. The van der Waals surface area contributed by atoms with E-state index in [0.29, 0.717) is 29.1 Å². The summed E-state index contributed by atoms with van der Waals surface area (Å²) in [7, 11) is 1.57. The number of carbonyl (C=O) groups is 1. The monoisotopic (exact) mass is 408 g/mol. The highest BCUT2D eigenvalue weighted by molar-refractivity contribution is 5.92. The van der Waals surface area contributed by atoms with Gasteiger partial charge in [-0.1, -0.05) is 12.1 Å². The van der Waals surface area contributed by atoms with Crippen molar-refractivity contribution in [1.82, 2.24) is 9.55 Å². The Morgan fingerprint density at radius 2 is 2.00 bits per heavy atom. The van der Waals surface area contributed by atoms with Crippen LogP contribution in [0.1, 0.15) is 42.4 Å². The molecule has 1 N–H and O–H groups in total. The van der Waals surface area contributed by atoms with E-state index in [1.165, 1.54) is 12.1 Å². The summed E-state index contributed by atoms with van der Waals surface area (Å²) in [5.74, 6) is 0.127. The predicted octanol–water partition coefficient (Wildman–Crippen LogP) is 4.08. The van der Waals surface area contributed by atoms with Gasteiger partial charge >= 0.3 is 5.97 Å². The van der Waals surface area contributed by atoms with Crippen molar-refractivity contribution in [3.8, 4) is 11.5 Å². The minimum Gasteiger partial charge on any atom is -0.493 e. The molecule has 2 aromatic carbocycles. The lowest BCUT2D eigenvalue weighted by molar-refractivity contribution is 0.0697. The fraction of sp³-hybridized carbons (Fsp3) is 0.261. The number of para-hydroxylation sites is 1. The van der Waals surface area contributed by atoms with Crippen LogP contribution in [0, 0.1) is 0 Å². The quantitative estimate of drug-likeness (QED) is 0.633. The fourth-order valence-corrected chi connectivity index (χ4v) is 3.18. The summed E-state index contributed by atoms with van der Waals surface area (Å²) in [5.41, 5.74) is 1.86. The largest absolute Gasteiger partial charge is 0.493 e. The number of ether oxygens (including phenoxy) is 2. The van der Waals surface area contributed by atoms with E-state index in [1.807, 2.05) is 32.9 Å². The Hall–Kier alpha value is -3.61. The topological polar surface area (TPSA) is 90.7 Å². The molecule has 7 nitrogen and oxygen atoms in total. The molecule has 7 heteroatoms. The average Bonchev–Trinajstić information content (AvgIpc) is 2.72. The van der Waals surface area contributed by atoms with E-state index in [0.717, 1.165) is 5.56 Å². The van der Waals surface area contributed by atoms with E-state index >= 15 is 0 Å². The van der Waals surface area contributed by atoms with E-state index in [1.54, 1.807) is 36.0 Å². The van der Waals surface area contributed by atoms with Crippen LogP contribution < -0.4 is 15.0 Å². The van der Waals surface area contributed by atoms with Crippen molar-refractivity contribution in [2.24, 2.45) is 0 Å². The van der Waals surface area contributed by atoms with Gasteiger partial charge in [0.25, 0.3) is 5.56 Å². The van der Waals surface area contributed by atoms with Crippen LogP contribution in [0.25, 0.3) is 23.2 Å². The maximum Gasteiger partial charge on any atom is 0.335 e. The first-order valence-corrected chi connectivity index (χ1v) is 9.65. The Kier molecular flexibility index (Phi) is 6.20. The van der Waals surface area contributed by atoms with Crippen molar-refractivity contribution in [1.29, 1.82) is 0 Å². The lowest BCUT2D eigenvalue weighted by Crippen LogP contribution is -2.23. The molecule has 0 atom stereocenters. The number of methoxy groups -OCH3 is 1. The van der Waals surface area contributed by atoms with E-state index in [9.17, 15) is 14.7 Å². The van der Waals surface area contributed by atoms with E-state index in [4.69, 9.17) is 9.47 Å². The third-order valence-corrected chi connectivity index (χ3v) is 4.54. The van der Waals surface area contributed by atoms with Crippen LogP contribution in [-0.2, 0) is 6.54 Å². The van der Waals surface area contributed by atoms with Gasteiger partial charge in [-0.3, -0.25) is 4.79 Å². The molecule has 0 radical (unpaired) electrons. The van der Waals surface area contributed by atoms with Gasteiger partial charge in [0.2, 0.25) is 0 Å². The number of aromatic nitrogens is 2. The molecule has 0 bridgehead atoms. The number of carboxylic acids is 1. The van der Waals surface area contributed by atoms with Gasteiger partial charge in [0.1, 0.15) is 5.69 Å². The number of benzene rings is 2. The zero-order chi connectivity index (χ0) is 21.8. The molecule has 0 amide bonds. The molecule has 30 heavy (non-hydrogen) atoms. The van der Waals surface area contributed by atoms with Gasteiger partial charge in [-0.05, 0) is 57.2 Å². The Labute approximate surface area is 174 Å². The summed E-state index contributed by atoms with van der Waals surface area (Å²) in [6.07, 6.45) is 3.30. The van der Waals surface area contributed by atoms with Crippen molar-refractivity contribution in [2.45, 2.75) is 33.4 Å². The molecular weight excluding hydrogens is 384 g/mol. The fourth-order valence-electron chi connectivity index (χ4n) is 3.18. The van der Waals surface area contributed by atoms with Crippen LogP contribution in [0.3, 0.4) is 0 Å². The van der Waals surface area contributed by atoms with Gasteiger partial charge in [-0.2, -0.15) is 0 Å². The molecule has 1 aromatic heterocycles. The second-order valence-corrected chi connectivity index (χ2v) is 6.93. The number of rotatable bonds is 7. The molecule has 3 rings (SSSR count). The number of carboxylic acid groups (broad SMARTS) is 1. The summed E-state index contributed by atoms with van der Waals surface area (Å²) >= 11 is 0. The Bertz CT molecular complexity index is 1180. The Balaban J connectivity index is 2.14. The molecular formula is C23H24N2O5. The second kappa shape index (κ2) is 8.82. The van der Waals surface area contributed by atoms with Gasteiger partial charge < -0.3 is 19.1 Å². The summed E-state index contributed by atoms with van der Waals surface area (Å²) in [5, 5.41) is 9.26. The van der Waals surface area contributed by atoms with E-state index in [2.05, 4.69) is 4.98 Å². The normalized spacial score (nSPS) is 11.4. The minimum atomic E-state index is -1.04. The molecule has 1 heterocycles. The smallest absolute Gasteiger partial charge is 0.335 e. The molecule has 0 aliphatic rings. The van der Waals surface area contributed by atoms with Crippen LogP contribution in [0.2, 0.25) is 0 Å². The number of fused-ring (bicyclic) bond motifs is 1. The van der Waals surface area contributed by atoms with Gasteiger partial charge in [0, 0.05) is 12.1 Å². The van der Waals surface area contributed by atoms with Crippen LogP contribution in [0.5, 0.6) is 11.5 Å². The zero-order valence-corrected chi connectivity index (χ0v) is 17.4. The highest BCUT2D eigenvalue weighted by Gasteiger charge is 2.13. The maximum absolute atomic E-state index is 12.9. The van der Waals surface area contributed by atoms with Crippen LogP contribution >= 0.6 is 0 Å². The Morgan fingerprint density at radius 1 is 1.23 bits per heavy atom. The highest BCUT2D eigenvalue weighted by Crippen LogP contribution is 2.33. The lowest BCUT2D eigenvalue weighted by Gasteiger charge is -2.16. The Morgan fingerprint density at radius 3 is 2.63 bits per heavy atom. The third kappa shape index (κ3) is 4.20. The van der Waals surface area contributed by atoms with Crippen molar-refractivity contribution >= 4 is 29.2 Å². The van der Waals surface area contributed by atoms with Crippen LogP contribution in [0.4, 0.5) is 0 Å². The van der Waals surface area contributed by atoms with Gasteiger partial charge in [0.15, 0.2) is 11.5 Å². The van der Waals surface area contributed by atoms with Crippen molar-refractivity contribution in [3.63, 3.8) is 0 Å². The number of aromatic carboxylic acids is 1. The maximum atomic E-state index is 12.9. The number of hydrogen-bond donors (Lipinski definition) is 1. The SMILES string of the molecule is CCn1c(=O)c(/C=C/c2cccc(OC)c2OC(C)C)nc2cc(C(=O)O)ccc21. The first-order valence-electron chi connectivity index (χ1n) is 9.65. The molecule has 0 aliphatic heterocycles. The predicted molar refractivity (Wildman–Crippen MR) is 116 cm³/mol. The van der Waals surface area contributed by atoms with Crippen molar-refractivity contribution in [3.05, 3.63) is 63.6 Å². The number of nitrogens with zero attached hydrogens (tertiary/aromatic N) is 2. The highest BCUT2D eigenvalue weighted by atomic mass is 16.5. The second-order valence-electron chi connectivity index (χ2n) is 6.93. The molecule has 0 unspecified atom stereocenters. The van der Waals surface area contributed by atoms with Crippen LogP contribution in [0.15, 0.2) is 41.2 Å². The first-order chi connectivity index (χ1) is 14.3. The molecule has 3 aromatic rings. The van der Waals surface area contributed by atoms with E-state index < -0.39 is 5.97 Å². The molecule has 0 saturated heterocycles. The summed E-state index contributed by atoms with van der Waals surface area (Å²) in [6.45, 7) is 6.14. The molecule has 0 saturated carbocycles.